The van der Waals surface area contributed by atoms with Gasteiger partial charge in [0.05, 0.1) is 19.8 Å². The molecule has 6 heteroatoms. The van der Waals surface area contributed by atoms with E-state index in [0.717, 1.165) is 58.2 Å². The van der Waals surface area contributed by atoms with Crippen LogP contribution in [0.3, 0.4) is 0 Å². The topological polar surface area (TPSA) is 57.8 Å². The first-order chi connectivity index (χ1) is 11.4. The van der Waals surface area contributed by atoms with Gasteiger partial charge in [0.2, 0.25) is 0 Å². The van der Waals surface area contributed by atoms with E-state index in [1.54, 1.807) is 0 Å². The number of rotatable bonds is 8. The minimum atomic E-state index is 0.117. The number of hydrogen-bond acceptors (Lipinski definition) is 6. The molecule has 1 fully saturated rings. The molecule has 0 radical (unpaired) electrons. The predicted octanol–water partition coefficient (Wildman–Crippen LogP) is 0.825. The Kier molecular flexibility index (Phi) is 6.14. The summed E-state index contributed by atoms with van der Waals surface area (Å²) in [6, 6.07) is 8.29. The molecule has 0 bridgehead atoms. The highest BCUT2D eigenvalue weighted by Gasteiger charge is 2.09. The van der Waals surface area contributed by atoms with Gasteiger partial charge in [-0.15, -0.1) is 0 Å². The third kappa shape index (κ3) is 5.42. The van der Waals surface area contributed by atoms with E-state index >= 15 is 0 Å². The van der Waals surface area contributed by atoms with Gasteiger partial charge in [-0.25, -0.2) is 0 Å². The van der Waals surface area contributed by atoms with Crippen LogP contribution in [0.15, 0.2) is 36.7 Å². The van der Waals surface area contributed by atoms with Crippen molar-refractivity contribution in [1.29, 1.82) is 0 Å². The third-order valence-corrected chi connectivity index (χ3v) is 4.03. The van der Waals surface area contributed by atoms with Crippen LogP contribution in [0.25, 0.3) is 0 Å². The summed E-state index contributed by atoms with van der Waals surface area (Å²) in [4.78, 5) is 2.43. The molecular weight excluding hydrogens is 292 g/mol. The Hall–Kier alpha value is -1.76. The summed E-state index contributed by atoms with van der Waals surface area (Å²) in [5.74, 6) is 0.939. The number of nitrogens with zero attached hydrogens (tertiary/aromatic N) is 1. The Morgan fingerprint density at radius 1 is 1.13 bits per heavy atom. The lowest BCUT2D eigenvalue weighted by Crippen LogP contribution is -2.44. The van der Waals surface area contributed by atoms with Crippen LogP contribution in [0.1, 0.15) is 12.0 Å². The van der Waals surface area contributed by atoms with Gasteiger partial charge in [0, 0.05) is 38.6 Å². The number of hydrogen-bond donors (Lipinski definition) is 3. The number of nitrogens with one attached hydrogen (secondary N) is 3. The molecule has 0 spiro atoms. The summed E-state index contributed by atoms with van der Waals surface area (Å²) in [5.41, 5.74) is 1.24. The van der Waals surface area contributed by atoms with Crippen molar-refractivity contribution in [2.24, 2.45) is 0 Å². The Morgan fingerprint density at radius 3 is 2.61 bits per heavy atom. The Labute approximate surface area is 137 Å². The average Bonchev–Trinajstić information content (AvgIpc) is 3.12. The quantitative estimate of drug-likeness (QED) is 0.617. The van der Waals surface area contributed by atoms with Crippen LogP contribution < -0.4 is 20.7 Å². The lowest BCUT2D eigenvalue weighted by Gasteiger charge is -2.26. The molecule has 0 amide bonds. The lowest BCUT2D eigenvalue weighted by atomic mass is 10.2. The monoisotopic (exact) mass is 318 g/mol. The van der Waals surface area contributed by atoms with Gasteiger partial charge in [-0.1, -0.05) is 12.1 Å². The van der Waals surface area contributed by atoms with Crippen molar-refractivity contribution in [2.45, 2.75) is 19.3 Å². The molecule has 2 aliphatic heterocycles. The van der Waals surface area contributed by atoms with Crippen LogP contribution in [0.4, 0.5) is 0 Å². The van der Waals surface area contributed by atoms with Crippen LogP contribution in [0.2, 0.25) is 0 Å². The lowest BCUT2D eigenvalue weighted by molar-refractivity contribution is 0.0358. The molecule has 0 atom stereocenters. The highest BCUT2D eigenvalue weighted by molar-refractivity contribution is 5.27. The molecule has 6 nitrogen and oxygen atoms in total. The first kappa shape index (κ1) is 16.1. The molecule has 126 valence electrons. The molecule has 0 aliphatic carbocycles. The molecule has 2 aliphatic rings. The summed E-state index contributed by atoms with van der Waals surface area (Å²) in [6.07, 6.45) is 4.96. The van der Waals surface area contributed by atoms with Gasteiger partial charge in [-0.05, 0) is 24.1 Å². The van der Waals surface area contributed by atoms with Crippen molar-refractivity contribution in [2.75, 3.05) is 39.5 Å². The maximum absolute atomic E-state index is 5.82. The minimum Gasteiger partial charge on any atom is -0.494 e. The van der Waals surface area contributed by atoms with Gasteiger partial charge in [0.15, 0.2) is 6.29 Å². The zero-order chi connectivity index (χ0) is 15.7. The molecule has 0 saturated carbocycles. The van der Waals surface area contributed by atoms with Gasteiger partial charge in [0.1, 0.15) is 5.75 Å². The first-order valence-corrected chi connectivity index (χ1v) is 8.32. The molecule has 3 rings (SSSR count). The van der Waals surface area contributed by atoms with E-state index in [0.29, 0.717) is 0 Å². The fourth-order valence-electron chi connectivity index (χ4n) is 2.68. The SMILES string of the molecule is C1=CNC(NCc2ccc(OCCCN3CCOCC3)cc2)N1. The summed E-state index contributed by atoms with van der Waals surface area (Å²) < 4.78 is 11.2. The fraction of sp³-hybridized carbons (Fsp3) is 0.529. The molecular formula is C17H26N4O2. The molecule has 1 saturated heterocycles. The van der Waals surface area contributed by atoms with Gasteiger partial charge in [-0.3, -0.25) is 10.2 Å². The first-order valence-electron chi connectivity index (χ1n) is 8.32. The van der Waals surface area contributed by atoms with E-state index in [1.807, 2.05) is 24.5 Å². The zero-order valence-electron chi connectivity index (χ0n) is 13.5. The third-order valence-electron chi connectivity index (χ3n) is 4.03. The maximum atomic E-state index is 5.82. The van der Waals surface area contributed by atoms with Gasteiger partial charge in [-0.2, -0.15) is 0 Å². The maximum Gasteiger partial charge on any atom is 0.152 e. The second-order valence-corrected chi connectivity index (χ2v) is 5.78. The standard InChI is InChI=1S/C17H26N4O2/c1(8-21-9-12-22-13-10-21)11-23-16-4-2-15(3-5-16)14-20-17-18-6-7-19-17/h2-7,17-20H,1,8-14H2. The molecule has 3 N–H and O–H groups in total. The fourth-order valence-corrected chi connectivity index (χ4v) is 2.68. The average molecular weight is 318 g/mol. The normalized spacial score (nSPS) is 18.6. The largest absolute Gasteiger partial charge is 0.494 e. The van der Waals surface area contributed by atoms with Gasteiger partial charge in [0.25, 0.3) is 0 Å². The number of benzene rings is 1. The second-order valence-electron chi connectivity index (χ2n) is 5.78. The van der Waals surface area contributed by atoms with Crippen molar-refractivity contribution in [3.8, 4) is 5.75 Å². The van der Waals surface area contributed by atoms with E-state index < -0.39 is 0 Å². The van der Waals surface area contributed by atoms with Crippen LogP contribution in [-0.2, 0) is 11.3 Å². The van der Waals surface area contributed by atoms with Crippen molar-refractivity contribution in [3.63, 3.8) is 0 Å². The minimum absolute atomic E-state index is 0.117. The highest BCUT2D eigenvalue weighted by atomic mass is 16.5. The summed E-state index contributed by atoms with van der Waals surface area (Å²) in [7, 11) is 0. The Balaban J connectivity index is 1.30. The van der Waals surface area contributed by atoms with E-state index in [4.69, 9.17) is 9.47 Å². The predicted molar refractivity (Wildman–Crippen MR) is 89.9 cm³/mol. The molecule has 1 aromatic carbocycles. The van der Waals surface area contributed by atoms with Crippen molar-refractivity contribution in [3.05, 3.63) is 42.2 Å². The number of morpholine rings is 1. The molecule has 0 aromatic heterocycles. The molecule has 0 unspecified atom stereocenters. The van der Waals surface area contributed by atoms with Crippen molar-refractivity contribution >= 4 is 0 Å². The van der Waals surface area contributed by atoms with E-state index in [-0.39, 0.29) is 6.29 Å². The summed E-state index contributed by atoms with van der Waals surface area (Å²) >= 11 is 0. The van der Waals surface area contributed by atoms with Crippen LogP contribution >= 0.6 is 0 Å². The smallest absolute Gasteiger partial charge is 0.152 e. The van der Waals surface area contributed by atoms with Gasteiger partial charge >= 0.3 is 0 Å². The van der Waals surface area contributed by atoms with E-state index in [9.17, 15) is 0 Å². The van der Waals surface area contributed by atoms with E-state index in [2.05, 4.69) is 33.0 Å². The zero-order valence-corrected chi connectivity index (χ0v) is 13.5. The molecule has 1 aromatic rings. The van der Waals surface area contributed by atoms with Crippen molar-refractivity contribution < 1.29 is 9.47 Å². The Bertz CT molecular complexity index is 478. The van der Waals surface area contributed by atoms with Gasteiger partial charge < -0.3 is 20.1 Å². The second kappa shape index (κ2) is 8.76. The number of ether oxygens (including phenoxy) is 2. The van der Waals surface area contributed by atoms with Crippen LogP contribution in [0, 0.1) is 0 Å². The van der Waals surface area contributed by atoms with Crippen LogP contribution in [0.5, 0.6) is 5.75 Å². The summed E-state index contributed by atoms with van der Waals surface area (Å²) in [6.45, 7) is 6.46. The molecule has 2 heterocycles. The van der Waals surface area contributed by atoms with Crippen LogP contribution in [-0.4, -0.2) is 50.6 Å². The van der Waals surface area contributed by atoms with Crippen molar-refractivity contribution in [1.82, 2.24) is 20.9 Å². The summed E-state index contributed by atoms with van der Waals surface area (Å²) in [5, 5.41) is 9.69. The highest BCUT2D eigenvalue weighted by Crippen LogP contribution is 2.12. The molecule has 23 heavy (non-hydrogen) atoms. The Morgan fingerprint density at radius 2 is 1.87 bits per heavy atom. The van der Waals surface area contributed by atoms with E-state index in [1.165, 1.54) is 5.56 Å².